The van der Waals surface area contributed by atoms with Gasteiger partial charge in [0, 0.05) is 18.2 Å². The van der Waals surface area contributed by atoms with Crippen molar-refractivity contribution in [1.82, 2.24) is 5.48 Å². The van der Waals surface area contributed by atoms with E-state index >= 15 is 0 Å². The van der Waals surface area contributed by atoms with E-state index in [9.17, 15) is 8.78 Å². The van der Waals surface area contributed by atoms with Crippen LogP contribution in [0.2, 0.25) is 0 Å². The van der Waals surface area contributed by atoms with E-state index in [-0.39, 0.29) is 6.54 Å². The lowest BCUT2D eigenvalue weighted by Gasteiger charge is -2.02. The maximum absolute atomic E-state index is 12.8. The fourth-order valence-corrected chi connectivity index (χ4v) is 0.815. The van der Waals surface area contributed by atoms with Crippen molar-refractivity contribution in [1.29, 1.82) is 0 Å². The van der Waals surface area contributed by atoms with Crippen LogP contribution in [0.5, 0.6) is 0 Å². The van der Waals surface area contributed by atoms with Gasteiger partial charge in [0.25, 0.3) is 0 Å². The summed E-state index contributed by atoms with van der Waals surface area (Å²) in [6.45, 7) is 0.225. The Morgan fingerprint density at radius 1 is 1.42 bits per heavy atom. The number of halogens is 2. The number of hydrogen-bond acceptors (Lipinski definition) is 2. The molecule has 0 fully saturated rings. The van der Waals surface area contributed by atoms with Gasteiger partial charge in [0.2, 0.25) is 0 Å². The highest BCUT2D eigenvalue weighted by molar-refractivity contribution is 5.17. The van der Waals surface area contributed by atoms with Crippen LogP contribution in [0.3, 0.4) is 0 Å². The molecule has 0 radical (unpaired) electrons. The number of hydroxylamine groups is 1. The van der Waals surface area contributed by atoms with Gasteiger partial charge in [-0.2, -0.15) is 5.48 Å². The van der Waals surface area contributed by atoms with Gasteiger partial charge in [-0.15, -0.1) is 0 Å². The molecule has 0 heterocycles. The molecule has 0 atom stereocenters. The molecule has 0 aliphatic rings. The van der Waals surface area contributed by atoms with Crippen molar-refractivity contribution in [2.45, 2.75) is 6.54 Å². The number of nitrogens with one attached hydrogen (secondary N) is 1. The van der Waals surface area contributed by atoms with E-state index in [0.29, 0.717) is 5.56 Å². The number of hydrogen-bond donors (Lipinski definition) is 1. The van der Waals surface area contributed by atoms with Crippen LogP contribution in [0, 0.1) is 11.6 Å². The molecular formula is C8H9F2NO. The zero-order chi connectivity index (χ0) is 8.97. The van der Waals surface area contributed by atoms with Crippen molar-refractivity contribution in [2.24, 2.45) is 0 Å². The van der Waals surface area contributed by atoms with E-state index in [1.165, 1.54) is 19.2 Å². The highest BCUT2D eigenvalue weighted by atomic mass is 19.1. The molecule has 0 spiro atoms. The summed E-state index contributed by atoms with van der Waals surface area (Å²) in [4.78, 5) is 4.52. The molecule has 0 unspecified atom stereocenters. The molecule has 1 rings (SSSR count). The summed E-state index contributed by atoms with van der Waals surface area (Å²) < 4.78 is 25.2. The van der Waals surface area contributed by atoms with Gasteiger partial charge in [-0.05, 0) is 6.07 Å². The van der Waals surface area contributed by atoms with Gasteiger partial charge >= 0.3 is 0 Å². The molecule has 2 nitrogen and oxygen atoms in total. The van der Waals surface area contributed by atoms with E-state index in [2.05, 4.69) is 10.3 Å². The summed E-state index contributed by atoms with van der Waals surface area (Å²) in [5.41, 5.74) is 2.84. The van der Waals surface area contributed by atoms with Crippen molar-refractivity contribution in [3.8, 4) is 0 Å². The summed E-state index contributed by atoms with van der Waals surface area (Å²) in [6.07, 6.45) is 0. The average Bonchev–Trinajstić information content (AvgIpc) is 2.03. The Labute approximate surface area is 69.1 Å². The van der Waals surface area contributed by atoms with Gasteiger partial charge < -0.3 is 4.84 Å². The van der Waals surface area contributed by atoms with Gasteiger partial charge in [0.05, 0.1) is 7.11 Å². The molecule has 0 aliphatic heterocycles. The molecule has 1 aromatic rings. The van der Waals surface area contributed by atoms with Crippen molar-refractivity contribution in [3.63, 3.8) is 0 Å². The van der Waals surface area contributed by atoms with Crippen molar-refractivity contribution in [3.05, 3.63) is 35.4 Å². The molecule has 0 saturated heterocycles. The second-order valence-electron chi connectivity index (χ2n) is 2.26. The van der Waals surface area contributed by atoms with Crippen LogP contribution in [-0.2, 0) is 11.4 Å². The highest BCUT2D eigenvalue weighted by Crippen LogP contribution is 2.08. The van der Waals surface area contributed by atoms with E-state index in [0.717, 1.165) is 6.07 Å². The smallest absolute Gasteiger partial charge is 0.130 e. The van der Waals surface area contributed by atoms with Crippen LogP contribution in [0.15, 0.2) is 18.2 Å². The van der Waals surface area contributed by atoms with Crippen molar-refractivity contribution < 1.29 is 13.6 Å². The minimum atomic E-state index is -0.575. The van der Waals surface area contributed by atoms with E-state index in [1.54, 1.807) is 0 Å². The standard InChI is InChI=1S/C8H9F2NO/c1-12-11-5-6-2-3-7(9)4-8(6)10/h2-4,11H,5H2,1H3. The lowest BCUT2D eigenvalue weighted by Crippen LogP contribution is -2.11. The van der Waals surface area contributed by atoms with Crippen LogP contribution in [-0.4, -0.2) is 7.11 Å². The van der Waals surface area contributed by atoms with E-state index in [4.69, 9.17) is 0 Å². The minimum absolute atomic E-state index is 0.225. The fourth-order valence-electron chi connectivity index (χ4n) is 0.815. The molecule has 0 amide bonds. The van der Waals surface area contributed by atoms with Gasteiger partial charge in [0.1, 0.15) is 11.6 Å². The summed E-state index contributed by atoms with van der Waals surface area (Å²) in [5, 5.41) is 0. The van der Waals surface area contributed by atoms with Gasteiger partial charge in [-0.1, -0.05) is 6.07 Å². The van der Waals surface area contributed by atoms with E-state index in [1.807, 2.05) is 0 Å². The van der Waals surface area contributed by atoms with E-state index < -0.39 is 11.6 Å². The summed E-state index contributed by atoms with van der Waals surface area (Å²) in [5.74, 6) is -1.15. The quantitative estimate of drug-likeness (QED) is 0.701. The second kappa shape index (κ2) is 4.13. The zero-order valence-corrected chi connectivity index (χ0v) is 6.60. The van der Waals surface area contributed by atoms with Crippen LogP contribution in [0.25, 0.3) is 0 Å². The first-order valence-electron chi connectivity index (χ1n) is 3.44. The molecular weight excluding hydrogens is 164 g/mol. The van der Waals surface area contributed by atoms with Gasteiger partial charge in [-0.25, -0.2) is 8.78 Å². The Morgan fingerprint density at radius 3 is 2.75 bits per heavy atom. The fraction of sp³-hybridized carbons (Fsp3) is 0.250. The molecule has 0 saturated carbocycles. The third kappa shape index (κ3) is 2.25. The third-order valence-electron chi connectivity index (χ3n) is 1.42. The SMILES string of the molecule is CONCc1ccc(F)cc1F. The normalized spacial score (nSPS) is 10.2. The Kier molecular flexibility index (Phi) is 3.13. The number of rotatable bonds is 3. The summed E-state index contributed by atoms with van der Waals surface area (Å²) in [7, 11) is 1.43. The lowest BCUT2D eigenvalue weighted by atomic mass is 10.2. The summed E-state index contributed by atoms with van der Waals surface area (Å²) in [6, 6.07) is 3.42. The molecule has 0 aliphatic carbocycles. The second-order valence-corrected chi connectivity index (χ2v) is 2.26. The first-order chi connectivity index (χ1) is 5.74. The molecule has 1 N–H and O–H groups in total. The predicted molar refractivity (Wildman–Crippen MR) is 40.2 cm³/mol. The minimum Gasteiger partial charge on any atom is -0.305 e. The van der Waals surface area contributed by atoms with Crippen LogP contribution in [0.1, 0.15) is 5.56 Å². The average molecular weight is 173 g/mol. The molecule has 0 bridgehead atoms. The first kappa shape index (κ1) is 9.09. The van der Waals surface area contributed by atoms with Crippen LogP contribution in [0.4, 0.5) is 8.78 Å². The monoisotopic (exact) mass is 173 g/mol. The molecule has 0 aromatic heterocycles. The maximum Gasteiger partial charge on any atom is 0.130 e. The maximum atomic E-state index is 12.8. The van der Waals surface area contributed by atoms with Crippen molar-refractivity contribution >= 4 is 0 Å². The Hall–Kier alpha value is -1.00. The molecule has 12 heavy (non-hydrogen) atoms. The van der Waals surface area contributed by atoms with Crippen LogP contribution >= 0.6 is 0 Å². The molecule has 4 heteroatoms. The Bertz CT molecular complexity index is 265. The topological polar surface area (TPSA) is 21.3 Å². The molecule has 66 valence electrons. The summed E-state index contributed by atoms with van der Waals surface area (Å²) >= 11 is 0. The number of benzene rings is 1. The lowest BCUT2D eigenvalue weighted by molar-refractivity contribution is 0.0859. The van der Waals surface area contributed by atoms with Crippen molar-refractivity contribution in [2.75, 3.05) is 7.11 Å². The zero-order valence-electron chi connectivity index (χ0n) is 6.60. The third-order valence-corrected chi connectivity index (χ3v) is 1.42. The predicted octanol–water partition coefficient (Wildman–Crippen LogP) is 1.62. The first-order valence-corrected chi connectivity index (χ1v) is 3.44. The Morgan fingerprint density at radius 2 is 2.17 bits per heavy atom. The van der Waals surface area contributed by atoms with Crippen LogP contribution < -0.4 is 5.48 Å². The highest BCUT2D eigenvalue weighted by Gasteiger charge is 2.01. The van der Waals surface area contributed by atoms with Gasteiger partial charge in [-0.3, -0.25) is 0 Å². The molecule has 1 aromatic carbocycles. The van der Waals surface area contributed by atoms with Gasteiger partial charge in [0.15, 0.2) is 0 Å². The largest absolute Gasteiger partial charge is 0.305 e. The Balaban J connectivity index is 2.72.